The van der Waals surface area contributed by atoms with E-state index in [1.54, 1.807) is 50.3 Å². The van der Waals surface area contributed by atoms with E-state index in [9.17, 15) is 18.4 Å². The van der Waals surface area contributed by atoms with Gasteiger partial charge in [0.15, 0.2) is 11.6 Å². The number of nitrogens with zero attached hydrogens (tertiary/aromatic N) is 1. The van der Waals surface area contributed by atoms with Crippen molar-refractivity contribution in [3.05, 3.63) is 71.8 Å². The lowest BCUT2D eigenvalue weighted by molar-refractivity contribution is -0.114. The van der Waals surface area contributed by atoms with Gasteiger partial charge in [0.2, 0.25) is 0 Å². The minimum atomic E-state index is -3.21. The number of halogens is 2. The molecule has 1 aromatic rings. The molecule has 0 aliphatic carbocycles. The summed E-state index contributed by atoms with van der Waals surface area (Å²) in [5.74, 6) is -3.58. The predicted octanol–water partition coefficient (Wildman–Crippen LogP) is 7.50. The number of allylic oxidation sites excluding steroid dienone is 5. The molecule has 0 saturated heterocycles. The van der Waals surface area contributed by atoms with Gasteiger partial charge in [-0.25, -0.2) is 9.79 Å². The fourth-order valence-corrected chi connectivity index (χ4v) is 2.40. The summed E-state index contributed by atoms with van der Waals surface area (Å²) in [6.45, 7) is 15.6. The number of Topliss-reactive ketones (excluding diaryl/α,β-unsaturated/α-hetero) is 1. The van der Waals surface area contributed by atoms with Crippen molar-refractivity contribution in [3.63, 3.8) is 0 Å². The first-order chi connectivity index (χ1) is 16.8. The molecule has 0 aliphatic heterocycles. The fourth-order valence-electron chi connectivity index (χ4n) is 2.40. The van der Waals surface area contributed by atoms with Crippen LogP contribution in [-0.4, -0.2) is 42.0 Å². The lowest BCUT2D eigenvalue weighted by Gasteiger charge is -2.08. The monoisotopic (exact) mass is 505 g/mol. The molecule has 0 saturated carbocycles. The largest absolute Gasteiger partial charge is 0.465 e. The summed E-state index contributed by atoms with van der Waals surface area (Å²) in [7, 11) is 1.33. The molecule has 0 atom stereocenters. The Morgan fingerprint density at radius 2 is 1.78 bits per heavy atom. The lowest BCUT2D eigenvalue weighted by Crippen LogP contribution is -2.22. The molecule has 2 N–H and O–H groups in total. The number of amidine groups is 1. The summed E-state index contributed by atoms with van der Waals surface area (Å²) in [6, 6.07) is 6.68. The maximum Gasteiger partial charge on any atom is 0.337 e. The molecule has 0 fully saturated rings. The normalized spacial score (nSPS) is 11.6. The number of alkyl halides is 2. The predicted molar refractivity (Wildman–Crippen MR) is 147 cm³/mol. The van der Waals surface area contributed by atoms with Gasteiger partial charge in [-0.3, -0.25) is 15.6 Å². The van der Waals surface area contributed by atoms with Gasteiger partial charge in [0.05, 0.1) is 12.7 Å². The van der Waals surface area contributed by atoms with Crippen LogP contribution in [0.2, 0.25) is 0 Å². The van der Waals surface area contributed by atoms with Crippen molar-refractivity contribution in [3.8, 4) is 0 Å². The molecule has 8 heteroatoms. The van der Waals surface area contributed by atoms with Crippen LogP contribution < -0.4 is 0 Å². The highest BCUT2D eigenvalue weighted by molar-refractivity contribution is 6.10. The van der Waals surface area contributed by atoms with Crippen molar-refractivity contribution in [2.45, 2.75) is 60.8 Å². The van der Waals surface area contributed by atoms with Crippen molar-refractivity contribution >= 4 is 29.0 Å². The maximum absolute atomic E-state index is 12.7. The molecule has 0 heterocycles. The van der Waals surface area contributed by atoms with Crippen molar-refractivity contribution in [1.29, 1.82) is 10.8 Å². The second kappa shape index (κ2) is 17.8. The smallest absolute Gasteiger partial charge is 0.337 e. The Bertz CT molecular complexity index is 1010. The third-order valence-corrected chi connectivity index (χ3v) is 4.36. The highest BCUT2D eigenvalue weighted by atomic mass is 19.3. The molecule has 6 nitrogen and oxygen atoms in total. The van der Waals surface area contributed by atoms with E-state index < -0.39 is 17.6 Å². The number of hydrogen-bond acceptors (Lipinski definition) is 5. The van der Waals surface area contributed by atoms with E-state index in [0.717, 1.165) is 11.8 Å². The van der Waals surface area contributed by atoms with Crippen molar-refractivity contribution in [1.82, 2.24) is 0 Å². The second-order valence-electron chi connectivity index (χ2n) is 7.49. The molecule has 1 rings (SSSR count). The standard InChI is InChI=1S/C15H18N2O2.C11H15F2NO.C2H6.H2/c1-5-13(10(2)3)17-14(16)11-7-6-8-12(9-11)15(18)19-4;1-4-6-8(9(15)5-2)7-10(14)11(3,12)13;1-2;/h5-10,16H,1H2,2-4H3;4,6-7,14H,5H2,1-3H3;1-2H3;1H/b;6-4?,8-7+,14-10?;;. The second-order valence-corrected chi connectivity index (χ2v) is 7.49. The molecule has 0 aromatic heterocycles. The minimum Gasteiger partial charge on any atom is -0.465 e. The minimum absolute atomic E-state index is 0. The van der Waals surface area contributed by atoms with Crippen molar-refractivity contribution in [2.24, 2.45) is 10.9 Å². The molecule has 0 radical (unpaired) electrons. The highest BCUT2D eigenvalue weighted by Crippen LogP contribution is 2.16. The Morgan fingerprint density at radius 1 is 1.22 bits per heavy atom. The van der Waals surface area contributed by atoms with Crippen molar-refractivity contribution < 1.29 is 24.5 Å². The van der Waals surface area contributed by atoms with Crippen LogP contribution in [0.25, 0.3) is 0 Å². The van der Waals surface area contributed by atoms with Gasteiger partial charge in [0.25, 0.3) is 5.92 Å². The number of benzene rings is 1. The zero-order valence-electron chi connectivity index (χ0n) is 22.5. The van der Waals surface area contributed by atoms with E-state index in [4.69, 9.17) is 10.8 Å². The van der Waals surface area contributed by atoms with Crippen LogP contribution >= 0.6 is 0 Å². The quantitative estimate of drug-likeness (QED) is 0.119. The van der Waals surface area contributed by atoms with E-state index in [-0.39, 0.29) is 31.0 Å². The first-order valence-corrected chi connectivity index (χ1v) is 11.6. The Morgan fingerprint density at radius 3 is 2.19 bits per heavy atom. The Labute approximate surface area is 215 Å². The van der Waals surface area contributed by atoms with E-state index in [0.29, 0.717) is 18.1 Å². The van der Waals surface area contributed by atoms with Gasteiger partial charge in [0.1, 0.15) is 5.71 Å². The topological polar surface area (TPSA) is 103 Å². The Hall–Kier alpha value is -3.55. The SMILES string of the molecule is C=CC(=NC(=N)c1cccc(C(=O)OC)c1)C(C)C.CC.CC=C/C(=C\C(=N)C(C)(F)F)C(=O)CC.[HH]. The summed E-state index contributed by atoms with van der Waals surface area (Å²) >= 11 is 0. The van der Waals surface area contributed by atoms with Gasteiger partial charge < -0.3 is 4.74 Å². The summed E-state index contributed by atoms with van der Waals surface area (Å²) in [5, 5.41) is 15.1. The van der Waals surface area contributed by atoms with Crippen LogP contribution in [0.5, 0.6) is 0 Å². The van der Waals surface area contributed by atoms with E-state index in [1.807, 2.05) is 27.7 Å². The van der Waals surface area contributed by atoms with Gasteiger partial charge in [-0.2, -0.15) is 8.78 Å². The molecule has 36 heavy (non-hydrogen) atoms. The first kappa shape index (κ1) is 34.6. The molecule has 0 aliphatic rings. The van der Waals surface area contributed by atoms with Crippen LogP contribution in [0.3, 0.4) is 0 Å². The number of ketones is 1. The molecule has 1 aromatic carbocycles. The number of nitrogens with one attached hydrogen (secondary N) is 2. The number of rotatable bonds is 9. The van der Waals surface area contributed by atoms with Crippen molar-refractivity contribution in [2.75, 3.05) is 7.11 Å². The number of methoxy groups -OCH3 is 1. The molecule has 0 bridgehead atoms. The summed E-state index contributed by atoms with van der Waals surface area (Å²) in [5.41, 5.74) is 1.02. The zero-order valence-corrected chi connectivity index (χ0v) is 22.5. The van der Waals surface area contributed by atoms with Gasteiger partial charge in [-0.15, -0.1) is 0 Å². The van der Waals surface area contributed by atoms with Gasteiger partial charge >= 0.3 is 5.97 Å². The Kier molecular flexibility index (Phi) is 17.1. The summed E-state index contributed by atoms with van der Waals surface area (Å²) < 4.78 is 30.0. The van der Waals surface area contributed by atoms with E-state index in [2.05, 4.69) is 16.3 Å². The van der Waals surface area contributed by atoms with Gasteiger partial charge in [0, 0.05) is 31.6 Å². The van der Waals surface area contributed by atoms with Crippen LogP contribution in [0.4, 0.5) is 8.78 Å². The molecule has 0 spiro atoms. The average molecular weight is 506 g/mol. The molecular weight excluding hydrogens is 464 g/mol. The van der Waals surface area contributed by atoms with Crippen LogP contribution in [0.1, 0.15) is 72.2 Å². The van der Waals surface area contributed by atoms with Gasteiger partial charge in [-0.05, 0) is 37.1 Å². The average Bonchev–Trinajstić information content (AvgIpc) is 2.86. The summed E-state index contributed by atoms with van der Waals surface area (Å²) in [4.78, 5) is 27.0. The third kappa shape index (κ3) is 12.8. The summed E-state index contributed by atoms with van der Waals surface area (Å²) in [6.07, 6.45) is 5.82. The number of hydrogen-bond donors (Lipinski definition) is 2. The first-order valence-electron chi connectivity index (χ1n) is 11.6. The van der Waals surface area contributed by atoms with Gasteiger partial charge in [-0.1, -0.05) is 65.5 Å². The van der Waals surface area contributed by atoms with Crippen LogP contribution in [0.15, 0.2) is 65.7 Å². The lowest BCUT2D eigenvalue weighted by atomic mass is 10.0. The Balaban J connectivity index is -0.000000585. The van der Waals surface area contributed by atoms with Crippen LogP contribution in [0, 0.1) is 16.7 Å². The highest BCUT2D eigenvalue weighted by Gasteiger charge is 2.26. The zero-order chi connectivity index (χ0) is 28.5. The van der Waals surface area contributed by atoms with Crippen LogP contribution in [-0.2, 0) is 9.53 Å². The fraction of sp³-hybridized carbons (Fsp3) is 0.393. The molecular formula is C28H41F2N3O3. The molecule has 0 unspecified atom stereocenters. The number of carbonyl (C=O) groups is 2. The number of ether oxygens (including phenoxy) is 1. The number of esters is 1. The van der Waals surface area contributed by atoms with E-state index in [1.165, 1.54) is 13.2 Å². The number of aliphatic imine (C=N–C) groups is 1. The molecule has 0 amide bonds. The molecule has 200 valence electrons. The number of carbonyl (C=O) groups excluding carboxylic acids is 2. The third-order valence-electron chi connectivity index (χ3n) is 4.36. The van der Waals surface area contributed by atoms with E-state index >= 15 is 0 Å². The maximum atomic E-state index is 12.7.